The van der Waals surface area contributed by atoms with E-state index in [0.29, 0.717) is 29.8 Å². The molecule has 1 fully saturated rings. The molecular formula is C23H25FN2O4. The third-order valence-electron chi connectivity index (χ3n) is 5.09. The van der Waals surface area contributed by atoms with Gasteiger partial charge >= 0.3 is 0 Å². The fourth-order valence-corrected chi connectivity index (χ4v) is 3.64. The number of hydrogen-bond donors (Lipinski definition) is 1. The predicted octanol–water partition coefficient (Wildman–Crippen LogP) is 3.21. The highest BCUT2D eigenvalue weighted by molar-refractivity contribution is 6.46. The Kier molecular flexibility index (Phi) is 6.52. The van der Waals surface area contributed by atoms with Crippen LogP contribution in [0.2, 0.25) is 0 Å². The summed E-state index contributed by atoms with van der Waals surface area (Å²) in [5.74, 6) is -1.80. The molecule has 0 aliphatic carbocycles. The van der Waals surface area contributed by atoms with Gasteiger partial charge in [0.25, 0.3) is 11.7 Å². The van der Waals surface area contributed by atoms with Gasteiger partial charge in [0, 0.05) is 6.54 Å². The standard InChI is InChI=1S/C23H25FN2O4/c1-25(2)13-6-14-26-20(15-9-11-16(24)12-10-15)19(22(28)23(26)29)21(27)17-7-4-5-8-18(17)30-3/h4-5,7-12,20,27H,6,13-14H2,1-3H3/b21-19+. The fraction of sp³-hybridized carbons (Fsp3) is 0.304. The molecule has 30 heavy (non-hydrogen) atoms. The van der Waals surface area contributed by atoms with Gasteiger partial charge < -0.3 is 19.6 Å². The summed E-state index contributed by atoms with van der Waals surface area (Å²) < 4.78 is 18.8. The van der Waals surface area contributed by atoms with Crippen LogP contribution in [0, 0.1) is 5.82 Å². The Balaban J connectivity index is 2.12. The van der Waals surface area contributed by atoms with Gasteiger partial charge in [0.05, 0.1) is 24.3 Å². The fourth-order valence-electron chi connectivity index (χ4n) is 3.64. The molecule has 0 bridgehead atoms. The van der Waals surface area contributed by atoms with Crippen LogP contribution in [-0.2, 0) is 9.59 Å². The normalized spacial score (nSPS) is 18.3. The molecule has 1 unspecified atom stereocenters. The molecular weight excluding hydrogens is 387 g/mol. The van der Waals surface area contributed by atoms with Crippen molar-refractivity contribution in [3.8, 4) is 5.75 Å². The number of ketones is 1. The van der Waals surface area contributed by atoms with Crippen LogP contribution in [0.5, 0.6) is 5.75 Å². The van der Waals surface area contributed by atoms with E-state index in [1.807, 2.05) is 19.0 Å². The highest BCUT2D eigenvalue weighted by Crippen LogP contribution is 2.40. The molecule has 2 aromatic carbocycles. The molecule has 1 saturated heterocycles. The summed E-state index contributed by atoms with van der Waals surface area (Å²) in [6, 6.07) is 11.5. The van der Waals surface area contributed by atoms with Crippen LogP contribution >= 0.6 is 0 Å². The molecule has 1 amide bonds. The minimum atomic E-state index is -0.808. The smallest absolute Gasteiger partial charge is 0.295 e. The van der Waals surface area contributed by atoms with Gasteiger partial charge in [-0.3, -0.25) is 9.59 Å². The number of ether oxygens (including phenoxy) is 1. The minimum Gasteiger partial charge on any atom is -0.507 e. The molecule has 0 spiro atoms. The number of halogens is 1. The second-order valence-corrected chi connectivity index (χ2v) is 7.40. The molecule has 7 heteroatoms. The van der Waals surface area contributed by atoms with Crippen LogP contribution < -0.4 is 4.74 Å². The van der Waals surface area contributed by atoms with Crippen molar-refractivity contribution in [3.63, 3.8) is 0 Å². The van der Waals surface area contributed by atoms with Crippen molar-refractivity contribution >= 4 is 17.4 Å². The number of benzene rings is 2. The maximum Gasteiger partial charge on any atom is 0.295 e. The van der Waals surface area contributed by atoms with Crippen LogP contribution in [0.15, 0.2) is 54.1 Å². The zero-order chi connectivity index (χ0) is 21.8. The molecule has 0 aromatic heterocycles. The van der Waals surface area contributed by atoms with Crippen molar-refractivity contribution in [1.82, 2.24) is 9.80 Å². The third-order valence-corrected chi connectivity index (χ3v) is 5.09. The number of aliphatic hydroxyl groups excluding tert-OH is 1. The third kappa shape index (κ3) is 4.21. The number of amides is 1. The lowest BCUT2D eigenvalue weighted by molar-refractivity contribution is -0.139. The highest BCUT2D eigenvalue weighted by atomic mass is 19.1. The van der Waals surface area contributed by atoms with Crippen molar-refractivity contribution < 1.29 is 23.8 Å². The van der Waals surface area contributed by atoms with E-state index in [2.05, 4.69) is 0 Å². The van der Waals surface area contributed by atoms with Crippen LogP contribution in [-0.4, -0.2) is 60.9 Å². The van der Waals surface area contributed by atoms with Crippen LogP contribution in [0.3, 0.4) is 0 Å². The lowest BCUT2D eigenvalue weighted by Crippen LogP contribution is -2.32. The van der Waals surface area contributed by atoms with Gasteiger partial charge in [0.1, 0.15) is 17.3 Å². The lowest BCUT2D eigenvalue weighted by Gasteiger charge is -2.26. The number of aliphatic hydroxyl groups is 1. The number of Topliss-reactive ketones (excluding diaryl/α,β-unsaturated/α-hetero) is 1. The van der Waals surface area contributed by atoms with E-state index in [1.165, 1.54) is 36.3 Å². The maximum atomic E-state index is 13.5. The molecule has 1 atom stereocenters. The summed E-state index contributed by atoms with van der Waals surface area (Å²) in [4.78, 5) is 29.2. The number of likely N-dealkylation sites (tertiary alicyclic amines) is 1. The zero-order valence-electron chi connectivity index (χ0n) is 17.3. The van der Waals surface area contributed by atoms with Gasteiger partial charge in [-0.25, -0.2) is 4.39 Å². The topological polar surface area (TPSA) is 70.1 Å². The Morgan fingerprint density at radius 3 is 2.43 bits per heavy atom. The van der Waals surface area contributed by atoms with Crippen molar-refractivity contribution in [3.05, 3.63) is 71.0 Å². The van der Waals surface area contributed by atoms with Gasteiger partial charge in [-0.15, -0.1) is 0 Å². The maximum absolute atomic E-state index is 13.5. The first-order valence-electron chi connectivity index (χ1n) is 9.67. The van der Waals surface area contributed by atoms with Crippen molar-refractivity contribution in [2.75, 3.05) is 34.3 Å². The van der Waals surface area contributed by atoms with E-state index in [1.54, 1.807) is 24.3 Å². The molecule has 1 N–H and O–H groups in total. The second-order valence-electron chi connectivity index (χ2n) is 7.40. The van der Waals surface area contributed by atoms with Crippen LogP contribution in [0.4, 0.5) is 4.39 Å². The summed E-state index contributed by atoms with van der Waals surface area (Å²) >= 11 is 0. The summed E-state index contributed by atoms with van der Waals surface area (Å²) in [6.07, 6.45) is 0.645. The van der Waals surface area contributed by atoms with E-state index < -0.39 is 23.5 Å². The number of nitrogens with zero attached hydrogens (tertiary/aromatic N) is 2. The van der Waals surface area contributed by atoms with E-state index in [0.717, 1.165) is 6.54 Å². The monoisotopic (exact) mass is 412 g/mol. The molecule has 1 aliphatic rings. The van der Waals surface area contributed by atoms with Gasteiger partial charge in [0.15, 0.2) is 0 Å². The number of carbonyl (C=O) groups is 2. The van der Waals surface area contributed by atoms with Crippen molar-refractivity contribution in [1.29, 1.82) is 0 Å². The highest BCUT2D eigenvalue weighted by Gasteiger charge is 2.46. The Hall–Kier alpha value is -3.19. The quantitative estimate of drug-likeness (QED) is 0.430. The second kappa shape index (κ2) is 9.09. The van der Waals surface area contributed by atoms with Crippen molar-refractivity contribution in [2.45, 2.75) is 12.5 Å². The number of rotatable bonds is 7. The van der Waals surface area contributed by atoms with E-state index in [9.17, 15) is 19.1 Å². The number of para-hydroxylation sites is 1. The average Bonchev–Trinajstić information content (AvgIpc) is 2.98. The number of hydrogen-bond acceptors (Lipinski definition) is 5. The molecule has 1 aliphatic heterocycles. The van der Waals surface area contributed by atoms with Gasteiger partial charge in [0.2, 0.25) is 0 Å². The zero-order valence-corrected chi connectivity index (χ0v) is 17.3. The first kappa shape index (κ1) is 21.5. The molecule has 158 valence electrons. The van der Waals surface area contributed by atoms with E-state index >= 15 is 0 Å². The Bertz CT molecular complexity index is 969. The molecule has 6 nitrogen and oxygen atoms in total. The SMILES string of the molecule is COc1ccccc1/C(O)=C1\C(=O)C(=O)N(CCCN(C)C)C1c1ccc(F)cc1. The first-order chi connectivity index (χ1) is 14.3. The van der Waals surface area contributed by atoms with Gasteiger partial charge in [-0.05, 0) is 56.9 Å². The number of carbonyl (C=O) groups excluding carboxylic acids is 2. The Labute approximate surface area is 175 Å². The summed E-state index contributed by atoms with van der Waals surface area (Å²) in [5.41, 5.74) is 0.844. The van der Waals surface area contributed by atoms with Crippen molar-refractivity contribution in [2.24, 2.45) is 0 Å². The summed E-state index contributed by atoms with van der Waals surface area (Å²) in [5, 5.41) is 11.1. The van der Waals surface area contributed by atoms with Gasteiger partial charge in [-0.1, -0.05) is 24.3 Å². The molecule has 0 radical (unpaired) electrons. The summed E-state index contributed by atoms with van der Waals surface area (Å²) in [6.45, 7) is 1.05. The largest absolute Gasteiger partial charge is 0.507 e. The van der Waals surface area contributed by atoms with Crippen LogP contribution in [0.1, 0.15) is 23.6 Å². The summed E-state index contributed by atoms with van der Waals surface area (Å²) in [7, 11) is 5.31. The lowest BCUT2D eigenvalue weighted by atomic mass is 9.95. The molecule has 0 saturated carbocycles. The number of methoxy groups -OCH3 is 1. The van der Waals surface area contributed by atoms with Gasteiger partial charge in [-0.2, -0.15) is 0 Å². The molecule has 2 aromatic rings. The Morgan fingerprint density at radius 2 is 1.80 bits per heavy atom. The first-order valence-corrected chi connectivity index (χ1v) is 9.67. The molecule has 3 rings (SSSR count). The van der Waals surface area contributed by atoms with Crippen LogP contribution in [0.25, 0.3) is 5.76 Å². The Morgan fingerprint density at radius 1 is 1.13 bits per heavy atom. The molecule has 1 heterocycles. The predicted molar refractivity (Wildman–Crippen MR) is 112 cm³/mol. The van der Waals surface area contributed by atoms with E-state index in [4.69, 9.17) is 4.74 Å². The van der Waals surface area contributed by atoms with E-state index in [-0.39, 0.29) is 11.3 Å². The minimum absolute atomic E-state index is 0.0269. The average molecular weight is 412 g/mol.